The molecule has 2 bridgehead atoms. The molecule has 10 atom stereocenters. The van der Waals surface area contributed by atoms with Gasteiger partial charge in [-0.2, -0.15) is 0 Å². The number of carbonyl (C=O) groups excluding carboxylic acids is 10. The standard InChI is InChI=1S/C58H84N12O13/c1-7-36(2)52(44(81-5)31-50(75)68-29-12-15-43(68)54(82-6)37(3)55(77)63-32-45-60-26-13-27-61-45)67(4)51(76)34-64-57(79)53-39-19-22-41(30-39)70(53)58(80)83-35-38-17-20-40(21-18-38)65-56(78)42(14-11-25-59)66-47(72)33-62-46(71)16-9-8-10-28-69-48(73)23-24-49(69)74/h13,17-18,20-21,23-24,26-27,36-37,39,41-44,52-54H,7-12,14-16,19,22,25,28-35,59H2,1-6H3,(H,62,71)(H,63,77)(H,64,79)(H,65,78)(H,66,72). The van der Waals surface area contributed by atoms with Crippen molar-refractivity contribution in [1.82, 2.24) is 50.8 Å². The van der Waals surface area contributed by atoms with Gasteiger partial charge in [-0.15, -0.1) is 0 Å². The van der Waals surface area contributed by atoms with Crippen LogP contribution < -0.4 is 32.3 Å². The second-order valence-electron chi connectivity index (χ2n) is 21.9. The van der Waals surface area contributed by atoms with Gasteiger partial charge in [-0.05, 0) is 99.9 Å². The van der Waals surface area contributed by atoms with Crippen LogP contribution >= 0.6 is 0 Å². The monoisotopic (exact) mass is 1160 g/mol. The minimum Gasteiger partial charge on any atom is -0.445 e. The number of unbranched alkanes of at least 4 members (excludes halogenated alkanes) is 2. The highest BCUT2D eigenvalue weighted by molar-refractivity contribution is 6.12. The van der Waals surface area contributed by atoms with Crippen molar-refractivity contribution in [2.45, 2.75) is 160 Å². The SMILES string of the molecule is CCC(C)C(C(CC(=O)N1CCCC1C(OC)C(C)C(=O)NCc1ncccn1)OC)N(C)C(=O)CNC(=O)C1C2CCC(C2)N1C(=O)OCc1ccc(NC(=O)C(CCCN)NC(=O)CNC(=O)CCCCCN2C(=O)C=CC2=O)cc1. The van der Waals surface area contributed by atoms with Gasteiger partial charge in [-0.1, -0.05) is 45.7 Å². The van der Waals surface area contributed by atoms with E-state index in [1.165, 1.54) is 36.2 Å². The zero-order valence-electron chi connectivity index (χ0n) is 48.7. The number of hydrogen-bond acceptors (Lipinski definition) is 16. The van der Waals surface area contributed by atoms with Crippen LogP contribution in [-0.2, 0) is 70.5 Å². The van der Waals surface area contributed by atoms with Crippen molar-refractivity contribution >= 4 is 64.9 Å². The fraction of sp³-hybridized carbons (Fsp3) is 0.621. The molecule has 25 heteroatoms. The Balaban J connectivity index is 0.956. The molecule has 454 valence electrons. The van der Waals surface area contributed by atoms with Crippen LogP contribution in [0.15, 0.2) is 54.9 Å². The highest BCUT2D eigenvalue weighted by Crippen LogP contribution is 2.43. The number of ether oxygens (including phenoxy) is 3. The molecule has 3 aliphatic heterocycles. The number of likely N-dealkylation sites (N-methyl/N-ethyl adjacent to an activating group) is 1. The maximum Gasteiger partial charge on any atom is 0.411 e. The number of aromatic nitrogens is 2. The number of methoxy groups -OCH3 is 2. The first-order valence-electron chi connectivity index (χ1n) is 29.0. The topological polar surface area (TPSA) is 323 Å². The molecule has 4 heterocycles. The van der Waals surface area contributed by atoms with E-state index in [4.69, 9.17) is 19.9 Å². The number of nitrogens with zero attached hydrogens (tertiary/aromatic N) is 6. The van der Waals surface area contributed by atoms with Crippen molar-refractivity contribution in [2.75, 3.05) is 59.3 Å². The molecule has 1 aromatic heterocycles. The van der Waals surface area contributed by atoms with E-state index in [0.29, 0.717) is 75.0 Å². The number of rotatable bonds is 32. The average Bonchev–Trinajstić information content (AvgIpc) is 3.16. The first-order chi connectivity index (χ1) is 39.9. The summed E-state index contributed by atoms with van der Waals surface area (Å²) >= 11 is 0. The lowest BCUT2D eigenvalue weighted by Gasteiger charge is -2.39. The third-order valence-corrected chi connectivity index (χ3v) is 16.4. The molecule has 1 aliphatic carbocycles. The Morgan fingerprint density at radius 1 is 0.843 bits per heavy atom. The molecule has 10 amide bonds. The van der Waals surface area contributed by atoms with Crippen LogP contribution in [-0.4, -0.2) is 185 Å². The number of anilines is 1. The fourth-order valence-corrected chi connectivity index (χ4v) is 11.7. The zero-order valence-corrected chi connectivity index (χ0v) is 48.7. The number of nitrogens with two attached hydrogens (primary N) is 1. The summed E-state index contributed by atoms with van der Waals surface area (Å²) in [7, 11) is 4.68. The van der Waals surface area contributed by atoms with Crippen molar-refractivity contribution < 1.29 is 62.2 Å². The molecule has 0 spiro atoms. The van der Waals surface area contributed by atoms with Crippen molar-refractivity contribution in [3.63, 3.8) is 0 Å². The van der Waals surface area contributed by atoms with E-state index in [2.05, 4.69) is 36.6 Å². The van der Waals surface area contributed by atoms with Crippen LogP contribution in [0.1, 0.15) is 116 Å². The Kier molecular flexibility index (Phi) is 24.9. The summed E-state index contributed by atoms with van der Waals surface area (Å²) in [5.74, 6) is -3.82. The molecule has 6 rings (SSSR count). The van der Waals surface area contributed by atoms with Gasteiger partial charge in [0.1, 0.15) is 24.5 Å². The molecular weight excluding hydrogens is 1070 g/mol. The summed E-state index contributed by atoms with van der Waals surface area (Å²) in [6, 6.07) is 5.33. The predicted octanol–water partition coefficient (Wildman–Crippen LogP) is 2.08. The molecule has 1 aromatic carbocycles. The molecule has 0 radical (unpaired) electrons. The quantitative estimate of drug-likeness (QED) is 0.0451. The fourth-order valence-electron chi connectivity index (χ4n) is 11.7. The van der Waals surface area contributed by atoms with Crippen LogP contribution in [0.2, 0.25) is 0 Å². The molecule has 83 heavy (non-hydrogen) atoms. The van der Waals surface area contributed by atoms with Crippen molar-refractivity contribution in [1.29, 1.82) is 0 Å². The zero-order chi connectivity index (χ0) is 60.2. The van der Waals surface area contributed by atoms with Crippen LogP contribution in [0, 0.1) is 17.8 Å². The van der Waals surface area contributed by atoms with Crippen molar-refractivity contribution in [3.05, 3.63) is 66.3 Å². The molecule has 7 N–H and O–H groups in total. The van der Waals surface area contributed by atoms with Gasteiger partial charge in [-0.25, -0.2) is 14.8 Å². The number of fused-ring (bicyclic) bond motifs is 2. The van der Waals surface area contributed by atoms with Crippen LogP contribution in [0.25, 0.3) is 0 Å². The normalized spacial score (nSPS) is 20.3. The second kappa shape index (κ2) is 31.9. The Labute approximate surface area is 485 Å². The number of imide groups is 1. The minimum atomic E-state index is -0.952. The lowest BCUT2D eigenvalue weighted by molar-refractivity contribution is -0.146. The highest BCUT2D eigenvalue weighted by atomic mass is 16.6. The molecule has 2 saturated heterocycles. The second-order valence-corrected chi connectivity index (χ2v) is 21.9. The van der Waals surface area contributed by atoms with Gasteiger partial charge in [0.2, 0.25) is 41.4 Å². The molecule has 25 nitrogen and oxygen atoms in total. The van der Waals surface area contributed by atoms with Crippen LogP contribution in [0.5, 0.6) is 0 Å². The first kappa shape index (κ1) is 64.8. The maximum atomic E-state index is 14.2. The Morgan fingerprint density at radius 2 is 1.57 bits per heavy atom. The molecule has 4 aliphatic rings. The molecule has 3 fully saturated rings. The number of nitrogens with one attached hydrogen (secondary N) is 5. The molecule has 1 saturated carbocycles. The Bertz CT molecular complexity index is 2590. The third kappa shape index (κ3) is 17.8. The van der Waals surface area contributed by atoms with Gasteiger partial charge in [0, 0.05) is 77.1 Å². The number of amides is 10. The van der Waals surface area contributed by atoms with E-state index in [-0.39, 0.29) is 112 Å². The lowest BCUT2D eigenvalue weighted by atomic mass is 9.90. The lowest BCUT2D eigenvalue weighted by Crippen LogP contribution is -2.56. The Morgan fingerprint density at radius 3 is 2.24 bits per heavy atom. The van der Waals surface area contributed by atoms with E-state index in [9.17, 15) is 47.9 Å². The maximum absolute atomic E-state index is 14.2. The van der Waals surface area contributed by atoms with E-state index in [1.54, 1.807) is 61.6 Å². The number of likely N-dealkylation sites (tertiary alicyclic amines) is 2. The number of piperidine rings is 1. The van der Waals surface area contributed by atoms with E-state index < -0.39 is 66.0 Å². The van der Waals surface area contributed by atoms with Crippen LogP contribution in [0.3, 0.4) is 0 Å². The summed E-state index contributed by atoms with van der Waals surface area (Å²) in [4.78, 5) is 146. The minimum absolute atomic E-state index is 0.0416. The van der Waals surface area contributed by atoms with E-state index >= 15 is 0 Å². The van der Waals surface area contributed by atoms with Gasteiger partial charge >= 0.3 is 6.09 Å². The van der Waals surface area contributed by atoms with E-state index in [1.807, 2.05) is 13.8 Å². The van der Waals surface area contributed by atoms with Crippen LogP contribution in [0.4, 0.5) is 10.5 Å². The number of carbonyl (C=O) groups is 10. The largest absolute Gasteiger partial charge is 0.445 e. The summed E-state index contributed by atoms with van der Waals surface area (Å²) in [5, 5.41) is 13.7. The summed E-state index contributed by atoms with van der Waals surface area (Å²) < 4.78 is 17.6. The molecule has 2 aromatic rings. The van der Waals surface area contributed by atoms with Crippen molar-refractivity contribution in [2.24, 2.45) is 23.5 Å². The van der Waals surface area contributed by atoms with Gasteiger partial charge in [0.15, 0.2) is 0 Å². The van der Waals surface area contributed by atoms with Crippen molar-refractivity contribution in [3.8, 4) is 0 Å². The van der Waals surface area contributed by atoms with E-state index in [0.717, 1.165) is 17.7 Å². The van der Waals surface area contributed by atoms with Gasteiger partial charge in [0.05, 0.1) is 56.3 Å². The smallest absolute Gasteiger partial charge is 0.411 e. The first-order valence-corrected chi connectivity index (χ1v) is 29.0. The average molecular weight is 1160 g/mol. The predicted molar refractivity (Wildman–Crippen MR) is 303 cm³/mol. The van der Waals surface area contributed by atoms with Gasteiger partial charge in [0.25, 0.3) is 11.8 Å². The Hall–Kier alpha value is -7.38. The van der Waals surface area contributed by atoms with Gasteiger partial charge in [-0.3, -0.25) is 53.0 Å². The molecular formula is C58H84N12O13. The number of benzene rings is 1. The number of hydrogen-bond donors (Lipinski definition) is 6. The third-order valence-electron chi connectivity index (χ3n) is 16.4. The summed E-state index contributed by atoms with van der Waals surface area (Å²) in [5.41, 5.74) is 6.72. The molecule has 10 unspecified atom stereocenters. The van der Waals surface area contributed by atoms with Gasteiger partial charge < -0.3 is 56.3 Å². The highest BCUT2D eigenvalue weighted by Gasteiger charge is 2.52. The summed E-state index contributed by atoms with van der Waals surface area (Å²) in [6.07, 6.45) is 10.1. The summed E-state index contributed by atoms with van der Waals surface area (Å²) in [6.45, 7) is 6.06.